The topological polar surface area (TPSA) is 108 Å². The fourth-order valence-corrected chi connectivity index (χ4v) is 3.96. The van der Waals surface area contributed by atoms with Gasteiger partial charge in [-0.2, -0.15) is 5.10 Å². The van der Waals surface area contributed by atoms with Crippen LogP contribution in [0.15, 0.2) is 54.9 Å². The molecule has 5 rings (SSSR count). The number of aromatic nitrogens is 4. The van der Waals surface area contributed by atoms with Gasteiger partial charge < -0.3 is 20.3 Å². The number of ether oxygens (including phenoxy) is 2. The zero-order valence-electron chi connectivity index (χ0n) is 17.2. The molecule has 0 amide bonds. The van der Waals surface area contributed by atoms with Crippen LogP contribution in [-0.4, -0.2) is 44.0 Å². The molecule has 1 saturated heterocycles. The molecule has 164 valence electrons. The van der Waals surface area contributed by atoms with E-state index in [9.17, 15) is 5.11 Å². The van der Waals surface area contributed by atoms with Gasteiger partial charge in [0.15, 0.2) is 5.82 Å². The predicted octanol–water partition coefficient (Wildman–Crippen LogP) is 3.56. The van der Waals surface area contributed by atoms with E-state index in [1.54, 1.807) is 28.8 Å². The summed E-state index contributed by atoms with van der Waals surface area (Å²) in [6.07, 6.45) is 2.64. The van der Waals surface area contributed by atoms with Crippen LogP contribution in [-0.2, 0) is 4.74 Å². The number of aliphatic hydroxyl groups is 1. The van der Waals surface area contributed by atoms with E-state index in [0.29, 0.717) is 41.6 Å². The van der Waals surface area contributed by atoms with Gasteiger partial charge in [-0.15, -0.1) is 0 Å². The van der Waals surface area contributed by atoms with Crippen LogP contribution >= 0.6 is 0 Å². The molecule has 1 fully saturated rings. The van der Waals surface area contributed by atoms with Crippen molar-refractivity contribution in [1.29, 1.82) is 0 Å². The SMILES string of the molecule is Nc1ncnn2c([C@H]3CC[C@@H](CO)OC3)nc(-c3ccc(Oc4ccccc4)cc3F)c12. The third-order valence-corrected chi connectivity index (χ3v) is 5.60. The number of hydrogen-bond donors (Lipinski definition) is 2. The molecular formula is C23H22FN5O3. The van der Waals surface area contributed by atoms with Gasteiger partial charge >= 0.3 is 0 Å². The van der Waals surface area contributed by atoms with Crippen LogP contribution in [0.2, 0.25) is 0 Å². The summed E-state index contributed by atoms with van der Waals surface area (Å²) in [5, 5.41) is 13.6. The van der Waals surface area contributed by atoms with Crippen LogP contribution in [0, 0.1) is 5.82 Å². The number of halogens is 1. The standard InChI is InChI=1S/C23H22FN5O3/c24-19-10-16(32-15-4-2-1-3-5-15)8-9-18(19)20-21-22(25)26-13-27-29(21)23(28-20)14-6-7-17(11-30)31-12-14/h1-5,8-10,13-14,17,30H,6-7,11-12H2,(H2,25,26,27)/t14-,17-/m0/s1. The van der Waals surface area contributed by atoms with Crippen molar-refractivity contribution in [3.8, 4) is 22.8 Å². The van der Waals surface area contributed by atoms with E-state index in [-0.39, 0.29) is 30.0 Å². The highest BCUT2D eigenvalue weighted by Crippen LogP contribution is 2.36. The van der Waals surface area contributed by atoms with Gasteiger partial charge in [-0.25, -0.2) is 18.9 Å². The molecule has 3 N–H and O–H groups in total. The smallest absolute Gasteiger partial charge is 0.153 e. The Bertz CT molecular complexity index is 1240. The molecule has 0 aliphatic carbocycles. The minimum atomic E-state index is -0.492. The van der Waals surface area contributed by atoms with Crippen molar-refractivity contribution >= 4 is 11.3 Å². The lowest BCUT2D eigenvalue weighted by atomic mass is 9.98. The number of nitrogen functional groups attached to an aromatic ring is 1. The number of para-hydroxylation sites is 1. The maximum atomic E-state index is 15.2. The minimum absolute atomic E-state index is 0.0158. The molecule has 2 atom stereocenters. The number of rotatable bonds is 5. The first-order valence-electron chi connectivity index (χ1n) is 10.4. The number of hydrogen-bond acceptors (Lipinski definition) is 7. The van der Waals surface area contributed by atoms with E-state index in [0.717, 1.165) is 6.42 Å². The second kappa shape index (κ2) is 8.52. The number of nitrogens with two attached hydrogens (primary N) is 1. The molecule has 9 heteroatoms. The van der Waals surface area contributed by atoms with Gasteiger partial charge in [0, 0.05) is 17.5 Å². The maximum absolute atomic E-state index is 15.2. The van der Waals surface area contributed by atoms with Crippen molar-refractivity contribution in [2.24, 2.45) is 0 Å². The van der Waals surface area contributed by atoms with Crippen molar-refractivity contribution in [2.75, 3.05) is 18.9 Å². The molecule has 2 aromatic carbocycles. The number of benzene rings is 2. The molecule has 0 radical (unpaired) electrons. The summed E-state index contributed by atoms with van der Waals surface area (Å²) in [5.74, 6) is 1.28. The first kappa shape index (κ1) is 20.3. The lowest BCUT2D eigenvalue weighted by Gasteiger charge is -2.26. The van der Waals surface area contributed by atoms with Crippen LogP contribution in [0.3, 0.4) is 0 Å². The number of aliphatic hydroxyl groups excluding tert-OH is 1. The minimum Gasteiger partial charge on any atom is -0.457 e. The van der Waals surface area contributed by atoms with E-state index < -0.39 is 5.82 Å². The summed E-state index contributed by atoms with van der Waals surface area (Å²) in [5.41, 5.74) is 7.23. The quantitative estimate of drug-likeness (QED) is 0.493. The van der Waals surface area contributed by atoms with Gasteiger partial charge in [0.25, 0.3) is 0 Å². The largest absolute Gasteiger partial charge is 0.457 e. The number of fused-ring (bicyclic) bond motifs is 1. The Morgan fingerprint density at radius 1 is 1.16 bits per heavy atom. The zero-order valence-corrected chi connectivity index (χ0v) is 17.2. The van der Waals surface area contributed by atoms with Crippen molar-refractivity contribution in [1.82, 2.24) is 19.6 Å². The fourth-order valence-electron chi connectivity index (χ4n) is 3.96. The van der Waals surface area contributed by atoms with Gasteiger partial charge in [0.05, 0.1) is 19.3 Å². The molecule has 8 nitrogen and oxygen atoms in total. The molecule has 0 spiro atoms. The molecule has 2 aromatic heterocycles. The Morgan fingerprint density at radius 2 is 2.00 bits per heavy atom. The van der Waals surface area contributed by atoms with E-state index in [1.807, 2.05) is 18.2 Å². The van der Waals surface area contributed by atoms with Crippen LogP contribution in [0.4, 0.5) is 10.2 Å². The van der Waals surface area contributed by atoms with Crippen molar-refractivity contribution < 1.29 is 19.0 Å². The highest BCUT2D eigenvalue weighted by Gasteiger charge is 2.29. The normalized spacial score (nSPS) is 18.7. The van der Waals surface area contributed by atoms with Crippen LogP contribution in [0.25, 0.3) is 16.8 Å². The average Bonchev–Trinajstić information content (AvgIpc) is 3.21. The van der Waals surface area contributed by atoms with E-state index in [2.05, 4.69) is 10.1 Å². The molecule has 0 bridgehead atoms. The third-order valence-electron chi connectivity index (χ3n) is 5.60. The van der Waals surface area contributed by atoms with Gasteiger partial charge in [0.2, 0.25) is 0 Å². The Morgan fingerprint density at radius 3 is 2.72 bits per heavy atom. The highest BCUT2D eigenvalue weighted by atomic mass is 19.1. The molecule has 1 aliphatic rings. The summed E-state index contributed by atoms with van der Waals surface area (Å²) in [6.45, 7) is 0.373. The van der Waals surface area contributed by atoms with Gasteiger partial charge in [0.1, 0.15) is 40.7 Å². The molecule has 32 heavy (non-hydrogen) atoms. The molecule has 0 saturated carbocycles. The average molecular weight is 435 g/mol. The summed E-state index contributed by atoms with van der Waals surface area (Å²) in [7, 11) is 0. The maximum Gasteiger partial charge on any atom is 0.153 e. The summed E-state index contributed by atoms with van der Waals surface area (Å²) >= 11 is 0. The van der Waals surface area contributed by atoms with Gasteiger partial charge in [-0.05, 0) is 37.1 Å². The Labute approximate surface area is 183 Å². The van der Waals surface area contributed by atoms with Crippen LogP contribution < -0.4 is 10.5 Å². The zero-order chi connectivity index (χ0) is 22.1. The summed E-state index contributed by atoms with van der Waals surface area (Å²) < 4.78 is 28.2. The van der Waals surface area contributed by atoms with Crippen LogP contribution in [0.5, 0.6) is 11.5 Å². The van der Waals surface area contributed by atoms with Crippen molar-refractivity contribution in [3.63, 3.8) is 0 Å². The Hall–Kier alpha value is -3.56. The van der Waals surface area contributed by atoms with E-state index in [4.69, 9.17) is 20.2 Å². The van der Waals surface area contributed by atoms with Crippen LogP contribution in [0.1, 0.15) is 24.6 Å². The highest BCUT2D eigenvalue weighted by molar-refractivity contribution is 5.85. The van der Waals surface area contributed by atoms with Crippen molar-refractivity contribution in [2.45, 2.75) is 24.9 Å². The molecule has 3 heterocycles. The number of anilines is 1. The second-order valence-electron chi connectivity index (χ2n) is 7.69. The van der Waals surface area contributed by atoms with Crippen molar-refractivity contribution in [3.05, 3.63) is 66.5 Å². The first-order valence-corrected chi connectivity index (χ1v) is 10.4. The second-order valence-corrected chi connectivity index (χ2v) is 7.69. The van der Waals surface area contributed by atoms with E-state index in [1.165, 1.54) is 12.4 Å². The molecule has 1 aliphatic heterocycles. The summed E-state index contributed by atoms with van der Waals surface area (Å²) in [6, 6.07) is 13.8. The number of imidazole rings is 1. The Kier molecular flexibility index (Phi) is 5.42. The number of nitrogens with zero attached hydrogens (tertiary/aromatic N) is 4. The fraction of sp³-hybridized carbons (Fsp3) is 0.261. The molecular weight excluding hydrogens is 413 g/mol. The van der Waals surface area contributed by atoms with Gasteiger partial charge in [-0.1, -0.05) is 18.2 Å². The third kappa shape index (κ3) is 3.76. The lowest BCUT2D eigenvalue weighted by Crippen LogP contribution is -2.28. The van der Waals surface area contributed by atoms with E-state index >= 15 is 4.39 Å². The molecule has 0 unspecified atom stereocenters. The first-order chi connectivity index (χ1) is 15.6. The Balaban J connectivity index is 1.53. The lowest BCUT2D eigenvalue weighted by molar-refractivity contribution is -0.0284. The predicted molar refractivity (Wildman–Crippen MR) is 116 cm³/mol. The summed E-state index contributed by atoms with van der Waals surface area (Å²) in [4.78, 5) is 8.80. The molecule has 4 aromatic rings. The van der Waals surface area contributed by atoms with Gasteiger partial charge in [-0.3, -0.25) is 0 Å². The monoisotopic (exact) mass is 435 g/mol.